The van der Waals surface area contributed by atoms with Crippen LogP contribution in [0.15, 0.2) is 71.7 Å². The van der Waals surface area contributed by atoms with Crippen molar-refractivity contribution in [1.29, 1.82) is 0 Å². The molecule has 0 saturated heterocycles. The Labute approximate surface area is 181 Å². The van der Waals surface area contributed by atoms with Gasteiger partial charge in [0.25, 0.3) is 0 Å². The van der Waals surface area contributed by atoms with Crippen LogP contribution in [0.5, 0.6) is 5.75 Å². The van der Waals surface area contributed by atoms with Crippen LogP contribution >= 0.6 is 23.2 Å². The fraction of sp³-hybridized carbons (Fsp3) is 0.208. The topological polar surface area (TPSA) is 44.6 Å². The minimum absolute atomic E-state index is 0.129. The SMILES string of the molecule is CCc1ccc(C2=N[C@@H](c3cccc(Cl)c3)N[C@H](c3cc(Cl)ccc3O)C2)cc1. The summed E-state index contributed by atoms with van der Waals surface area (Å²) in [5.74, 6) is 0.222. The van der Waals surface area contributed by atoms with E-state index >= 15 is 0 Å². The number of hydrogen-bond acceptors (Lipinski definition) is 3. The van der Waals surface area contributed by atoms with Crippen molar-refractivity contribution in [2.75, 3.05) is 0 Å². The Morgan fingerprint density at radius 3 is 2.48 bits per heavy atom. The molecule has 3 aromatic rings. The average molecular weight is 425 g/mol. The zero-order chi connectivity index (χ0) is 20.4. The molecule has 2 atom stereocenters. The van der Waals surface area contributed by atoms with Crippen LogP contribution in [0, 0.1) is 0 Å². The van der Waals surface area contributed by atoms with Gasteiger partial charge in [-0.05, 0) is 53.4 Å². The molecule has 1 aliphatic rings. The van der Waals surface area contributed by atoms with Crippen LogP contribution in [-0.4, -0.2) is 10.8 Å². The first-order chi connectivity index (χ1) is 14.0. The summed E-state index contributed by atoms with van der Waals surface area (Å²) in [6.07, 6.45) is 1.38. The monoisotopic (exact) mass is 424 g/mol. The van der Waals surface area contributed by atoms with Gasteiger partial charge in [-0.25, -0.2) is 0 Å². The number of phenols is 1. The summed E-state index contributed by atoms with van der Waals surface area (Å²) in [7, 11) is 0. The Morgan fingerprint density at radius 2 is 1.76 bits per heavy atom. The molecule has 1 aliphatic heterocycles. The summed E-state index contributed by atoms with van der Waals surface area (Å²) in [5.41, 5.74) is 5.11. The Bertz CT molecular complexity index is 1050. The molecular formula is C24H22Cl2N2O. The number of nitrogens with zero attached hydrogens (tertiary/aromatic N) is 1. The van der Waals surface area contributed by atoms with Crippen molar-refractivity contribution in [2.24, 2.45) is 4.99 Å². The Kier molecular flexibility index (Phi) is 5.91. The summed E-state index contributed by atoms with van der Waals surface area (Å²) in [5, 5.41) is 15.3. The lowest BCUT2D eigenvalue weighted by molar-refractivity contribution is 0.413. The smallest absolute Gasteiger partial charge is 0.126 e. The number of nitrogens with one attached hydrogen (secondary N) is 1. The van der Waals surface area contributed by atoms with Gasteiger partial charge in [0.05, 0.1) is 0 Å². The Hall–Kier alpha value is -2.33. The lowest BCUT2D eigenvalue weighted by Gasteiger charge is -2.31. The first kappa shape index (κ1) is 20.0. The van der Waals surface area contributed by atoms with E-state index in [2.05, 4.69) is 36.5 Å². The number of halogens is 2. The largest absolute Gasteiger partial charge is 0.508 e. The molecule has 0 spiro atoms. The molecule has 0 fully saturated rings. The van der Waals surface area contributed by atoms with Crippen LogP contribution < -0.4 is 5.32 Å². The molecule has 0 unspecified atom stereocenters. The lowest BCUT2D eigenvalue weighted by Crippen LogP contribution is -2.33. The molecule has 5 heteroatoms. The number of aromatic hydroxyl groups is 1. The van der Waals surface area contributed by atoms with Crippen molar-refractivity contribution >= 4 is 28.9 Å². The van der Waals surface area contributed by atoms with Crippen LogP contribution in [0.1, 0.15) is 47.8 Å². The molecule has 148 valence electrons. The van der Waals surface area contributed by atoms with E-state index in [0.29, 0.717) is 16.5 Å². The minimum atomic E-state index is -0.272. The first-order valence-electron chi connectivity index (χ1n) is 9.69. The summed E-state index contributed by atoms with van der Waals surface area (Å²) in [4.78, 5) is 4.98. The van der Waals surface area contributed by atoms with Gasteiger partial charge >= 0.3 is 0 Å². The molecule has 0 aromatic heterocycles. The Balaban J connectivity index is 1.76. The van der Waals surface area contributed by atoms with Crippen LogP contribution in [0.25, 0.3) is 0 Å². The van der Waals surface area contributed by atoms with Crippen LogP contribution in [0.3, 0.4) is 0 Å². The second kappa shape index (κ2) is 8.58. The van der Waals surface area contributed by atoms with E-state index in [-0.39, 0.29) is 18.0 Å². The van der Waals surface area contributed by atoms with E-state index in [0.717, 1.165) is 28.8 Å². The van der Waals surface area contributed by atoms with Crippen molar-refractivity contribution in [3.8, 4) is 5.75 Å². The van der Waals surface area contributed by atoms with E-state index in [1.165, 1.54) is 5.56 Å². The predicted octanol–water partition coefficient (Wildman–Crippen LogP) is 6.48. The number of hydrogen-bond donors (Lipinski definition) is 2. The molecule has 3 nitrogen and oxygen atoms in total. The number of aryl methyl sites for hydroxylation is 1. The molecule has 0 amide bonds. The highest BCUT2D eigenvalue weighted by molar-refractivity contribution is 6.31. The zero-order valence-electron chi connectivity index (χ0n) is 16.1. The molecule has 0 saturated carbocycles. The Morgan fingerprint density at radius 1 is 1.00 bits per heavy atom. The first-order valence-corrected chi connectivity index (χ1v) is 10.4. The van der Waals surface area contributed by atoms with E-state index < -0.39 is 0 Å². The number of aliphatic imine (C=N–C) groups is 1. The van der Waals surface area contributed by atoms with Gasteiger partial charge in [-0.1, -0.05) is 66.5 Å². The van der Waals surface area contributed by atoms with E-state index in [1.54, 1.807) is 12.1 Å². The van der Waals surface area contributed by atoms with Gasteiger partial charge in [0, 0.05) is 33.8 Å². The highest BCUT2D eigenvalue weighted by Crippen LogP contribution is 2.36. The summed E-state index contributed by atoms with van der Waals surface area (Å²) >= 11 is 12.4. The summed E-state index contributed by atoms with van der Waals surface area (Å²) in [6.45, 7) is 2.14. The second-order valence-electron chi connectivity index (χ2n) is 7.21. The van der Waals surface area contributed by atoms with Crippen molar-refractivity contribution in [3.63, 3.8) is 0 Å². The second-order valence-corrected chi connectivity index (χ2v) is 8.08. The van der Waals surface area contributed by atoms with Crippen LogP contribution in [0.4, 0.5) is 0 Å². The third kappa shape index (κ3) is 4.48. The summed E-state index contributed by atoms with van der Waals surface area (Å²) < 4.78 is 0. The molecule has 0 radical (unpaired) electrons. The quantitative estimate of drug-likeness (QED) is 0.502. The van der Waals surface area contributed by atoms with Gasteiger partial charge in [0.1, 0.15) is 11.9 Å². The maximum Gasteiger partial charge on any atom is 0.126 e. The van der Waals surface area contributed by atoms with Crippen molar-refractivity contribution in [3.05, 3.63) is 99.0 Å². The molecule has 3 aromatic carbocycles. The molecular weight excluding hydrogens is 403 g/mol. The van der Waals surface area contributed by atoms with Gasteiger partial charge < -0.3 is 5.11 Å². The third-order valence-corrected chi connectivity index (χ3v) is 5.74. The summed E-state index contributed by atoms with van der Waals surface area (Å²) in [6, 6.07) is 21.2. The number of phenolic OH excluding ortho intramolecular Hbond substituents is 1. The normalized spacial score (nSPS) is 19.1. The van der Waals surface area contributed by atoms with E-state index in [4.69, 9.17) is 28.2 Å². The molecule has 0 bridgehead atoms. The minimum Gasteiger partial charge on any atom is -0.508 e. The molecule has 4 rings (SSSR count). The molecule has 1 heterocycles. The third-order valence-electron chi connectivity index (χ3n) is 5.27. The van der Waals surface area contributed by atoms with E-state index in [1.807, 2.05) is 30.3 Å². The predicted molar refractivity (Wildman–Crippen MR) is 120 cm³/mol. The highest BCUT2D eigenvalue weighted by atomic mass is 35.5. The van der Waals surface area contributed by atoms with Gasteiger partial charge in [-0.15, -0.1) is 0 Å². The van der Waals surface area contributed by atoms with Gasteiger partial charge in [0.2, 0.25) is 0 Å². The molecule has 29 heavy (non-hydrogen) atoms. The fourth-order valence-corrected chi connectivity index (χ4v) is 4.04. The zero-order valence-corrected chi connectivity index (χ0v) is 17.6. The van der Waals surface area contributed by atoms with Gasteiger partial charge in [-0.3, -0.25) is 10.3 Å². The average Bonchev–Trinajstić information content (AvgIpc) is 2.75. The van der Waals surface area contributed by atoms with Crippen LogP contribution in [-0.2, 0) is 6.42 Å². The van der Waals surface area contributed by atoms with Crippen LogP contribution in [0.2, 0.25) is 10.0 Å². The standard InChI is InChI=1S/C24H22Cl2N2O/c1-2-15-6-8-16(9-7-15)21-14-22(20-13-19(26)10-11-23(20)29)28-24(27-21)17-4-3-5-18(25)12-17/h3-13,22,24,28-29H,2,14H2,1H3/t22-,24+/m0/s1. The van der Waals surface area contributed by atoms with Crippen molar-refractivity contribution in [1.82, 2.24) is 5.32 Å². The van der Waals surface area contributed by atoms with Crippen molar-refractivity contribution in [2.45, 2.75) is 32.0 Å². The van der Waals surface area contributed by atoms with Gasteiger partial charge in [0.15, 0.2) is 0 Å². The maximum absolute atomic E-state index is 10.5. The number of rotatable bonds is 4. The molecule has 2 N–H and O–H groups in total. The van der Waals surface area contributed by atoms with E-state index in [9.17, 15) is 5.11 Å². The fourth-order valence-electron chi connectivity index (χ4n) is 3.67. The molecule has 0 aliphatic carbocycles. The van der Waals surface area contributed by atoms with Gasteiger partial charge in [-0.2, -0.15) is 0 Å². The highest BCUT2D eigenvalue weighted by Gasteiger charge is 2.28. The number of benzene rings is 3. The lowest BCUT2D eigenvalue weighted by atomic mass is 9.93. The van der Waals surface area contributed by atoms with Crippen molar-refractivity contribution < 1.29 is 5.11 Å². The maximum atomic E-state index is 10.5.